The number of likely N-dealkylation sites (tertiary alicyclic amines) is 2. The molecule has 0 spiro atoms. The minimum Gasteiger partial charge on any atom is -0.851 e. The molecule has 2 saturated heterocycles. The van der Waals surface area contributed by atoms with Crippen molar-refractivity contribution in [1.82, 2.24) is 4.90 Å². The second-order valence-electron chi connectivity index (χ2n) is 15.2. The van der Waals surface area contributed by atoms with Crippen molar-refractivity contribution in [2.24, 2.45) is 34.5 Å². The molecule has 0 aromatic heterocycles. The van der Waals surface area contributed by atoms with Crippen LogP contribution in [0.5, 0.6) is 0 Å². The molecule has 3 unspecified atom stereocenters. The molecular formula is C32H54N2O3. The van der Waals surface area contributed by atoms with Gasteiger partial charge in [0.1, 0.15) is 6.04 Å². The molecule has 210 valence electrons. The predicted octanol–water partition coefficient (Wildman–Crippen LogP) is 4.76. The van der Waals surface area contributed by atoms with Crippen LogP contribution in [0.25, 0.3) is 0 Å². The molecule has 0 aromatic rings. The molecule has 6 aliphatic rings. The summed E-state index contributed by atoms with van der Waals surface area (Å²) in [5.74, 6) is 2.62. The van der Waals surface area contributed by atoms with Crippen LogP contribution >= 0.6 is 0 Å². The molecule has 2 heterocycles. The Labute approximate surface area is 226 Å². The molecule has 5 heteroatoms. The van der Waals surface area contributed by atoms with Gasteiger partial charge in [0.2, 0.25) is 0 Å². The third-order valence-electron chi connectivity index (χ3n) is 13.4. The summed E-state index contributed by atoms with van der Waals surface area (Å²) in [6.45, 7) is 11.5. The van der Waals surface area contributed by atoms with Gasteiger partial charge in [0, 0.05) is 18.8 Å². The lowest BCUT2D eigenvalue weighted by Crippen LogP contribution is -2.63. The number of hydrogen-bond acceptors (Lipinski definition) is 4. The highest BCUT2D eigenvalue weighted by atomic mass is 16.5. The van der Waals surface area contributed by atoms with Gasteiger partial charge in [-0.15, -0.1) is 6.10 Å². The van der Waals surface area contributed by atoms with E-state index in [4.69, 9.17) is 4.74 Å². The number of carbonyl (C=O) groups is 1. The molecule has 6 rings (SSSR count). The normalized spacial score (nSPS) is 50.0. The molecule has 10 atom stereocenters. The van der Waals surface area contributed by atoms with E-state index < -0.39 is 6.10 Å². The van der Waals surface area contributed by atoms with Gasteiger partial charge in [0.15, 0.2) is 6.10 Å². The molecule has 2 aliphatic heterocycles. The van der Waals surface area contributed by atoms with Crippen LogP contribution in [0.3, 0.4) is 0 Å². The fourth-order valence-electron chi connectivity index (χ4n) is 11.4. The average Bonchev–Trinajstić information content (AvgIpc) is 3.17. The van der Waals surface area contributed by atoms with E-state index in [1.165, 1.54) is 83.7 Å². The minimum absolute atomic E-state index is 0.0584. The van der Waals surface area contributed by atoms with Crippen molar-refractivity contribution in [3.63, 3.8) is 0 Å². The highest BCUT2D eigenvalue weighted by Gasteiger charge is 2.66. The number of ether oxygens (including phenoxy) is 1. The van der Waals surface area contributed by atoms with E-state index in [9.17, 15) is 9.90 Å². The summed E-state index contributed by atoms with van der Waals surface area (Å²) in [5.41, 5.74) is 0.396. The maximum atomic E-state index is 13.5. The van der Waals surface area contributed by atoms with Gasteiger partial charge in [-0.1, -0.05) is 26.7 Å². The van der Waals surface area contributed by atoms with Crippen molar-refractivity contribution in [3.8, 4) is 0 Å². The van der Waals surface area contributed by atoms with Crippen LogP contribution in [-0.4, -0.2) is 72.9 Å². The summed E-state index contributed by atoms with van der Waals surface area (Å²) in [6, 6.07) is 0.693. The van der Waals surface area contributed by atoms with Crippen molar-refractivity contribution in [2.75, 3.05) is 33.2 Å². The topological polar surface area (TPSA) is 52.6 Å². The van der Waals surface area contributed by atoms with Gasteiger partial charge in [-0.3, -0.25) is 4.79 Å². The summed E-state index contributed by atoms with van der Waals surface area (Å²) < 4.78 is 7.44. The van der Waals surface area contributed by atoms with Crippen LogP contribution in [0, 0.1) is 34.5 Å². The number of fused-ring (bicyclic) bond motifs is 5. The number of rotatable bonds is 3. The molecule has 5 nitrogen and oxygen atoms in total. The fourth-order valence-corrected chi connectivity index (χ4v) is 11.4. The van der Waals surface area contributed by atoms with Crippen LogP contribution in [-0.2, 0) is 9.53 Å². The molecule has 4 saturated carbocycles. The van der Waals surface area contributed by atoms with E-state index >= 15 is 0 Å². The predicted molar refractivity (Wildman–Crippen MR) is 145 cm³/mol. The van der Waals surface area contributed by atoms with E-state index in [0.717, 1.165) is 42.2 Å². The largest absolute Gasteiger partial charge is 0.851 e. The van der Waals surface area contributed by atoms with Gasteiger partial charge >= 0.3 is 5.97 Å². The van der Waals surface area contributed by atoms with Crippen molar-refractivity contribution in [2.45, 2.75) is 129 Å². The standard InChI is InChI=1S/C32H54N2O3/c1-22(35)37-30-28(34(4)17-9-6-10-18-34)20-26-24-12-11-23-19-29(36)27(33-15-7-5-8-16-33)21-32(23,3)25(24)13-14-31(26,30)2/h23-30H,5-21H2,1-4H3/t23-,24?,25?,26?,27-,28-,29-,30-,31-,32-/m0/s1. The third-order valence-corrected chi connectivity index (χ3v) is 13.4. The Hall–Kier alpha value is -0.650. The molecule has 0 aromatic carbocycles. The fraction of sp³-hybridized carbons (Fsp3) is 0.969. The minimum atomic E-state index is -0.394. The average molecular weight is 515 g/mol. The van der Waals surface area contributed by atoms with E-state index in [0.29, 0.717) is 23.3 Å². The van der Waals surface area contributed by atoms with E-state index in [1.807, 2.05) is 0 Å². The highest BCUT2D eigenvalue weighted by Crippen LogP contribution is 2.67. The quantitative estimate of drug-likeness (QED) is 0.402. The number of hydrogen-bond donors (Lipinski definition) is 0. The van der Waals surface area contributed by atoms with E-state index in [2.05, 4.69) is 25.8 Å². The van der Waals surface area contributed by atoms with Gasteiger partial charge in [-0.2, -0.15) is 0 Å². The smallest absolute Gasteiger partial charge is 0.303 e. The number of nitrogens with zero attached hydrogens (tertiary/aromatic N) is 2. The Morgan fingerprint density at radius 3 is 2.32 bits per heavy atom. The maximum Gasteiger partial charge on any atom is 0.303 e. The zero-order valence-electron chi connectivity index (χ0n) is 24.3. The molecular weight excluding hydrogens is 460 g/mol. The molecule has 0 radical (unpaired) electrons. The van der Waals surface area contributed by atoms with Crippen molar-refractivity contribution in [1.29, 1.82) is 0 Å². The third kappa shape index (κ3) is 4.32. The Morgan fingerprint density at radius 2 is 1.62 bits per heavy atom. The molecule has 37 heavy (non-hydrogen) atoms. The number of likely N-dealkylation sites (N-methyl/N-ethyl adjacent to an activating group) is 1. The Kier molecular flexibility index (Phi) is 7.01. The SMILES string of the molecule is CC(=O)O[C@H]1[C@@H]([N+]2(C)CCCCC2)CC2C3CC[C@H]4C[C@H]([O-])[C@@H](N5CCCCC5)C[C@]4(C)C3CC[C@@]21C. The van der Waals surface area contributed by atoms with E-state index in [-0.39, 0.29) is 23.5 Å². The number of carbonyl (C=O) groups excluding carboxylic acids is 1. The lowest BCUT2D eigenvalue weighted by atomic mass is 9.44. The molecule has 6 fully saturated rings. The van der Waals surface area contributed by atoms with Gasteiger partial charge in [0.25, 0.3) is 0 Å². The van der Waals surface area contributed by atoms with Gasteiger partial charge < -0.3 is 19.2 Å². The van der Waals surface area contributed by atoms with E-state index in [1.54, 1.807) is 6.92 Å². The van der Waals surface area contributed by atoms with Crippen LogP contribution in [0.2, 0.25) is 0 Å². The summed E-state index contributed by atoms with van der Waals surface area (Å²) in [5, 5.41) is 13.5. The monoisotopic (exact) mass is 514 g/mol. The highest BCUT2D eigenvalue weighted by molar-refractivity contribution is 5.66. The zero-order valence-corrected chi connectivity index (χ0v) is 24.3. The van der Waals surface area contributed by atoms with Crippen molar-refractivity contribution >= 4 is 5.97 Å². The summed E-state index contributed by atoms with van der Waals surface area (Å²) >= 11 is 0. The zero-order chi connectivity index (χ0) is 26.0. The van der Waals surface area contributed by atoms with Crippen LogP contribution in [0.4, 0.5) is 0 Å². The second-order valence-corrected chi connectivity index (χ2v) is 15.2. The molecule has 0 amide bonds. The Bertz CT molecular complexity index is 851. The van der Waals surface area contributed by atoms with Gasteiger partial charge in [0.05, 0.1) is 20.1 Å². The van der Waals surface area contributed by atoms with Crippen molar-refractivity contribution < 1.29 is 19.1 Å². The van der Waals surface area contributed by atoms with Crippen LogP contribution in [0.15, 0.2) is 0 Å². The van der Waals surface area contributed by atoms with Crippen LogP contribution < -0.4 is 5.11 Å². The lowest BCUT2D eigenvalue weighted by Gasteiger charge is -2.64. The van der Waals surface area contributed by atoms with Crippen LogP contribution in [0.1, 0.15) is 104 Å². The van der Waals surface area contributed by atoms with Gasteiger partial charge in [-0.25, -0.2) is 0 Å². The van der Waals surface area contributed by atoms with Gasteiger partial charge in [-0.05, 0) is 112 Å². The second kappa shape index (κ2) is 9.77. The summed E-state index contributed by atoms with van der Waals surface area (Å²) in [7, 11) is 2.47. The molecule has 4 aliphatic carbocycles. The Balaban J connectivity index is 1.28. The summed E-state index contributed by atoms with van der Waals surface area (Å²) in [4.78, 5) is 15.0. The maximum absolute atomic E-state index is 13.5. The first-order chi connectivity index (χ1) is 17.7. The number of esters is 1. The first kappa shape index (κ1) is 26.6. The first-order valence-corrected chi connectivity index (χ1v) is 16.1. The Morgan fingerprint density at radius 1 is 0.919 bits per heavy atom. The van der Waals surface area contributed by atoms with Crippen molar-refractivity contribution in [3.05, 3.63) is 0 Å². The number of quaternary nitrogens is 1. The first-order valence-electron chi connectivity index (χ1n) is 16.1. The number of piperidine rings is 2. The summed E-state index contributed by atoms with van der Waals surface area (Å²) in [6.07, 6.45) is 15.7. The lowest BCUT2D eigenvalue weighted by molar-refractivity contribution is -0.940. The molecule has 0 bridgehead atoms. The molecule has 0 N–H and O–H groups in total.